The van der Waals surface area contributed by atoms with Crippen molar-refractivity contribution in [3.05, 3.63) is 35.4 Å². The molecule has 16 heavy (non-hydrogen) atoms. The lowest BCUT2D eigenvalue weighted by Crippen LogP contribution is -2.13. The first-order valence-corrected chi connectivity index (χ1v) is 5.47. The van der Waals surface area contributed by atoms with Crippen molar-refractivity contribution in [2.75, 3.05) is 6.61 Å². The van der Waals surface area contributed by atoms with Crippen LogP contribution in [0.1, 0.15) is 29.8 Å². The van der Waals surface area contributed by atoms with Crippen LogP contribution in [0.2, 0.25) is 0 Å². The normalized spacial score (nSPS) is 19.4. The van der Waals surface area contributed by atoms with Crippen LogP contribution in [0.3, 0.4) is 0 Å². The summed E-state index contributed by atoms with van der Waals surface area (Å²) in [5.74, 6) is 1.13. The number of nitrogens with zero attached hydrogens (tertiary/aromatic N) is 1. The quantitative estimate of drug-likeness (QED) is 0.729. The van der Waals surface area contributed by atoms with Crippen molar-refractivity contribution in [1.82, 2.24) is 0 Å². The molecular weight excluding hydrogens is 202 g/mol. The van der Waals surface area contributed by atoms with Crippen molar-refractivity contribution in [3.63, 3.8) is 0 Å². The zero-order valence-corrected chi connectivity index (χ0v) is 9.51. The fourth-order valence-corrected chi connectivity index (χ4v) is 1.63. The van der Waals surface area contributed by atoms with E-state index in [9.17, 15) is 4.79 Å². The Kier molecular flexibility index (Phi) is 3.04. The van der Waals surface area contributed by atoms with Crippen LogP contribution < -0.4 is 0 Å². The van der Waals surface area contributed by atoms with E-state index < -0.39 is 0 Å². The van der Waals surface area contributed by atoms with Gasteiger partial charge in [-0.05, 0) is 18.1 Å². The first-order chi connectivity index (χ1) is 7.70. The Morgan fingerprint density at radius 2 is 2.31 bits per heavy atom. The van der Waals surface area contributed by atoms with Gasteiger partial charge in [0.25, 0.3) is 0 Å². The molecule has 2 rings (SSSR count). The third-order valence-electron chi connectivity index (χ3n) is 2.71. The molecule has 0 aliphatic carbocycles. The average molecular weight is 217 g/mol. The summed E-state index contributed by atoms with van der Waals surface area (Å²) in [6.07, 6.45) is 0.832. The fraction of sp³-hybridized carbons (Fsp3) is 0.385. The molecule has 1 aromatic carbocycles. The van der Waals surface area contributed by atoms with Gasteiger partial charge >= 0.3 is 0 Å². The zero-order chi connectivity index (χ0) is 11.5. The minimum atomic E-state index is 0.231. The molecule has 1 aliphatic heterocycles. The van der Waals surface area contributed by atoms with Crippen LogP contribution in [-0.4, -0.2) is 24.8 Å². The summed E-state index contributed by atoms with van der Waals surface area (Å²) in [6.45, 7) is 4.89. The summed E-state index contributed by atoms with van der Waals surface area (Å²) >= 11 is 0. The summed E-state index contributed by atoms with van der Waals surface area (Å²) in [7, 11) is 0. The maximum absolute atomic E-state index is 10.7. The van der Waals surface area contributed by atoms with E-state index >= 15 is 0 Å². The van der Waals surface area contributed by atoms with Gasteiger partial charge in [-0.25, -0.2) is 4.99 Å². The van der Waals surface area contributed by atoms with Gasteiger partial charge in [0.05, 0.1) is 6.04 Å². The summed E-state index contributed by atoms with van der Waals surface area (Å²) in [5.41, 5.74) is 1.53. The van der Waals surface area contributed by atoms with Gasteiger partial charge < -0.3 is 4.74 Å². The molecule has 0 amide bonds. The molecule has 0 saturated heterocycles. The molecule has 0 radical (unpaired) electrons. The molecule has 1 aromatic rings. The number of aldehydes is 1. The Morgan fingerprint density at radius 3 is 2.94 bits per heavy atom. The third-order valence-corrected chi connectivity index (χ3v) is 2.71. The number of rotatable bonds is 3. The minimum absolute atomic E-state index is 0.231. The monoisotopic (exact) mass is 217 g/mol. The highest BCUT2D eigenvalue weighted by molar-refractivity contribution is 5.96. The molecule has 0 saturated carbocycles. The third kappa shape index (κ3) is 2.13. The first-order valence-electron chi connectivity index (χ1n) is 5.47. The SMILES string of the molecule is CC(C)[C@@H]1COC(c2cccc(C=O)c2)=N1. The van der Waals surface area contributed by atoms with Crippen molar-refractivity contribution in [1.29, 1.82) is 0 Å². The molecule has 0 aromatic heterocycles. The molecular formula is C13H15NO2. The van der Waals surface area contributed by atoms with E-state index in [4.69, 9.17) is 4.74 Å². The first kappa shape index (κ1) is 10.9. The molecule has 0 unspecified atom stereocenters. The highest BCUT2D eigenvalue weighted by Gasteiger charge is 2.22. The Hall–Kier alpha value is -1.64. The zero-order valence-electron chi connectivity index (χ0n) is 9.51. The van der Waals surface area contributed by atoms with Crippen LogP contribution in [0.25, 0.3) is 0 Å². The predicted molar refractivity (Wildman–Crippen MR) is 62.9 cm³/mol. The van der Waals surface area contributed by atoms with Gasteiger partial charge in [-0.15, -0.1) is 0 Å². The molecule has 0 bridgehead atoms. The Balaban J connectivity index is 2.25. The molecule has 3 nitrogen and oxygen atoms in total. The Bertz CT molecular complexity index is 424. The second kappa shape index (κ2) is 4.47. The molecule has 1 atom stereocenters. The van der Waals surface area contributed by atoms with Crippen LogP contribution in [-0.2, 0) is 4.74 Å². The van der Waals surface area contributed by atoms with Gasteiger partial charge in [0.15, 0.2) is 0 Å². The van der Waals surface area contributed by atoms with E-state index in [0.29, 0.717) is 24.0 Å². The van der Waals surface area contributed by atoms with E-state index in [1.807, 2.05) is 12.1 Å². The van der Waals surface area contributed by atoms with E-state index in [-0.39, 0.29) is 6.04 Å². The lowest BCUT2D eigenvalue weighted by molar-refractivity contribution is 0.112. The molecule has 0 N–H and O–H groups in total. The van der Waals surface area contributed by atoms with Crippen LogP contribution >= 0.6 is 0 Å². The number of hydrogen-bond acceptors (Lipinski definition) is 3. The number of aliphatic imine (C=N–C) groups is 1. The second-order valence-corrected chi connectivity index (χ2v) is 4.30. The van der Waals surface area contributed by atoms with Gasteiger partial charge in [0.2, 0.25) is 5.90 Å². The number of ether oxygens (including phenoxy) is 1. The standard InChI is InChI=1S/C13H15NO2/c1-9(2)12-8-16-13(14-12)11-5-3-4-10(6-11)7-15/h3-7,9,12H,8H2,1-2H3/t12-/m0/s1. The van der Waals surface area contributed by atoms with E-state index in [2.05, 4.69) is 18.8 Å². The maximum Gasteiger partial charge on any atom is 0.216 e. The average Bonchev–Trinajstić information content (AvgIpc) is 2.78. The number of benzene rings is 1. The summed E-state index contributed by atoms with van der Waals surface area (Å²) < 4.78 is 5.55. The minimum Gasteiger partial charge on any atom is -0.475 e. The van der Waals surface area contributed by atoms with Crippen LogP contribution in [0, 0.1) is 5.92 Å². The van der Waals surface area contributed by atoms with Crippen molar-refractivity contribution in [3.8, 4) is 0 Å². The van der Waals surface area contributed by atoms with Crippen LogP contribution in [0.5, 0.6) is 0 Å². The molecule has 1 heterocycles. The Morgan fingerprint density at radius 1 is 1.50 bits per heavy atom. The van der Waals surface area contributed by atoms with E-state index in [0.717, 1.165) is 11.8 Å². The lowest BCUT2D eigenvalue weighted by Gasteiger charge is -2.06. The number of hydrogen-bond donors (Lipinski definition) is 0. The van der Waals surface area contributed by atoms with Crippen LogP contribution in [0.15, 0.2) is 29.3 Å². The fourth-order valence-electron chi connectivity index (χ4n) is 1.63. The van der Waals surface area contributed by atoms with Crippen molar-refractivity contribution >= 4 is 12.2 Å². The molecule has 0 spiro atoms. The molecule has 0 fully saturated rings. The van der Waals surface area contributed by atoms with Crippen LogP contribution in [0.4, 0.5) is 0 Å². The van der Waals surface area contributed by atoms with Gasteiger partial charge in [0.1, 0.15) is 12.9 Å². The summed E-state index contributed by atoms with van der Waals surface area (Å²) in [4.78, 5) is 15.2. The smallest absolute Gasteiger partial charge is 0.216 e. The van der Waals surface area contributed by atoms with E-state index in [1.165, 1.54) is 0 Å². The highest BCUT2D eigenvalue weighted by Crippen LogP contribution is 2.17. The lowest BCUT2D eigenvalue weighted by atomic mass is 10.1. The molecule has 84 valence electrons. The Labute approximate surface area is 95.2 Å². The highest BCUT2D eigenvalue weighted by atomic mass is 16.5. The number of carbonyl (C=O) groups excluding carboxylic acids is 1. The van der Waals surface area contributed by atoms with E-state index in [1.54, 1.807) is 12.1 Å². The van der Waals surface area contributed by atoms with Crippen molar-refractivity contribution < 1.29 is 9.53 Å². The second-order valence-electron chi connectivity index (χ2n) is 4.30. The van der Waals surface area contributed by atoms with Crippen molar-refractivity contribution in [2.24, 2.45) is 10.9 Å². The van der Waals surface area contributed by atoms with Gasteiger partial charge in [0, 0.05) is 11.1 Å². The maximum atomic E-state index is 10.7. The van der Waals surface area contributed by atoms with Gasteiger partial charge in [-0.2, -0.15) is 0 Å². The van der Waals surface area contributed by atoms with Gasteiger partial charge in [-0.3, -0.25) is 4.79 Å². The summed E-state index contributed by atoms with van der Waals surface area (Å²) in [5, 5.41) is 0. The topological polar surface area (TPSA) is 38.7 Å². The molecule has 1 aliphatic rings. The largest absolute Gasteiger partial charge is 0.475 e. The molecule has 3 heteroatoms. The van der Waals surface area contributed by atoms with Gasteiger partial charge in [-0.1, -0.05) is 26.0 Å². The van der Waals surface area contributed by atoms with Crippen molar-refractivity contribution in [2.45, 2.75) is 19.9 Å². The number of carbonyl (C=O) groups is 1. The predicted octanol–water partition coefficient (Wildman–Crippen LogP) is 2.30. The summed E-state index contributed by atoms with van der Waals surface area (Å²) in [6, 6.07) is 7.55.